The largest absolute Gasteiger partial charge is 0.365 e. The number of carbonyl (C=O) groups is 1. The van der Waals surface area contributed by atoms with Gasteiger partial charge in [0, 0.05) is 31.4 Å². The third-order valence-electron chi connectivity index (χ3n) is 4.41. The van der Waals surface area contributed by atoms with Crippen molar-refractivity contribution in [3.63, 3.8) is 0 Å². The summed E-state index contributed by atoms with van der Waals surface area (Å²) in [4.78, 5) is 25.3. The van der Waals surface area contributed by atoms with Crippen molar-refractivity contribution >= 4 is 11.7 Å². The minimum atomic E-state index is -0.369. The molecule has 22 heavy (non-hydrogen) atoms. The molecule has 0 saturated carbocycles. The molecule has 0 radical (unpaired) electrons. The fourth-order valence-electron chi connectivity index (χ4n) is 3.08. The van der Waals surface area contributed by atoms with Gasteiger partial charge >= 0.3 is 0 Å². The molecule has 2 aliphatic rings. The predicted molar refractivity (Wildman–Crippen MR) is 83.8 cm³/mol. The Labute approximate surface area is 131 Å². The summed E-state index contributed by atoms with van der Waals surface area (Å²) in [6.45, 7) is 5.72. The summed E-state index contributed by atoms with van der Waals surface area (Å²) in [6.07, 6.45) is 5.55. The molecule has 3 heterocycles. The van der Waals surface area contributed by atoms with E-state index in [2.05, 4.69) is 21.8 Å². The second-order valence-corrected chi connectivity index (χ2v) is 5.91. The lowest BCUT2D eigenvalue weighted by atomic mass is 10.1. The number of hydrogen-bond acceptors (Lipinski definition) is 5. The number of piperidine rings is 1. The zero-order chi connectivity index (χ0) is 15.4. The SMILES string of the molecule is CCc1cc(N2CCOC(C(=O)N3CCCCC3)C2)ncn1. The molecule has 0 aliphatic carbocycles. The molecule has 1 amide bonds. The maximum Gasteiger partial charge on any atom is 0.253 e. The molecule has 6 nitrogen and oxygen atoms in total. The van der Waals surface area contributed by atoms with E-state index in [1.54, 1.807) is 6.33 Å². The van der Waals surface area contributed by atoms with E-state index in [0.29, 0.717) is 13.2 Å². The molecule has 2 saturated heterocycles. The van der Waals surface area contributed by atoms with Gasteiger partial charge < -0.3 is 14.5 Å². The summed E-state index contributed by atoms with van der Waals surface area (Å²) in [7, 11) is 0. The van der Waals surface area contributed by atoms with Crippen LogP contribution in [0, 0.1) is 0 Å². The summed E-state index contributed by atoms with van der Waals surface area (Å²) in [6, 6.07) is 2.01. The van der Waals surface area contributed by atoms with E-state index >= 15 is 0 Å². The van der Waals surface area contributed by atoms with Gasteiger partial charge in [-0.15, -0.1) is 0 Å². The van der Waals surface area contributed by atoms with Gasteiger partial charge in [0.25, 0.3) is 5.91 Å². The Kier molecular flexibility index (Phi) is 4.87. The molecule has 1 aromatic heterocycles. The van der Waals surface area contributed by atoms with Gasteiger partial charge in [-0.3, -0.25) is 4.79 Å². The summed E-state index contributed by atoms with van der Waals surface area (Å²) in [5.74, 6) is 1.03. The Morgan fingerprint density at radius 1 is 1.27 bits per heavy atom. The van der Waals surface area contributed by atoms with E-state index in [-0.39, 0.29) is 12.0 Å². The van der Waals surface area contributed by atoms with Crippen LogP contribution in [0.1, 0.15) is 31.9 Å². The first kappa shape index (κ1) is 15.2. The Bertz CT molecular complexity index is 517. The minimum Gasteiger partial charge on any atom is -0.365 e. The van der Waals surface area contributed by atoms with E-state index in [1.807, 2.05) is 11.0 Å². The second kappa shape index (κ2) is 7.05. The highest BCUT2D eigenvalue weighted by molar-refractivity contribution is 5.82. The van der Waals surface area contributed by atoms with Crippen molar-refractivity contribution in [3.05, 3.63) is 18.1 Å². The first-order chi connectivity index (χ1) is 10.8. The number of hydrogen-bond donors (Lipinski definition) is 0. The van der Waals surface area contributed by atoms with Crippen LogP contribution < -0.4 is 4.90 Å². The standard InChI is InChI=1S/C16H24N4O2/c1-2-13-10-15(18-12-17-13)20-8-9-22-14(11-20)16(21)19-6-4-3-5-7-19/h10,12,14H,2-9,11H2,1H3. The number of likely N-dealkylation sites (tertiary alicyclic amines) is 1. The third-order valence-corrected chi connectivity index (χ3v) is 4.41. The monoisotopic (exact) mass is 304 g/mol. The van der Waals surface area contributed by atoms with E-state index in [9.17, 15) is 4.79 Å². The van der Waals surface area contributed by atoms with E-state index in [4.69, 9.17) is 4.74 Å². The van der Waals surface area contributed by atoms with Crippen LogP contribution >= 0.6 is 0 Å². The van der Waals surface area contributed by atoms with Crippen molar-refractivity contribution in [1.29, 1.82) is 0 Å². The normalized spacial score (nSPS) is 22.7. The second-order valence-electron chi connectivity index (χ2n) is 5.91. The fourth-order valence-corrected chi connectivity index (χ4v) is 3.08. The highest BCUT2D eigenvalue weighted by atomic mass is 16.5. The molecule has 0 bridgehead atoms. The van der Waals surface area contributed by atoms with Crippen LogP contribution in [0.15, 0.2) is 12.4 Å². The molecule has 6 heteroatoms. The molecular weight excluding hydrogens is 280 g/mol. The smallest absolute Gasteiger partial charge is 0.253 e. The number of anilines is 1. The molecule has 0 N–H and O–H groups in total. The van der Waals surface area contributed by atoms with Gasteiger partial charge in [-0.25, -0.2) is 9.97 Å². The fraction of sp³-hybridized carbons (Fsp3) is 0.688. The number of aromatic nitrogens is 2. The average molecular weight is 304 g/mol. The van der Waals surface area contributed by atoms with Crippen LogP contribution in [0.2, 0.25) is 0 Å². The quantitative estimate of drug-likeness (QED) is 0.841. The molecule has 1 unspecified atom stereocenters. The maximum absolute atomic E-state index is 12.6. The zero-order valence-electron chi connectivity index (χ0n) is 13.2. The number of aryl methyl sites for hydroxylation is 1. The summed E-state index contributed by atoms with van der Waals surface area (Å²) < 4.78 is 5.72. The van der Waals surface area contributed by atoms with Crippen molar-refractivity contribution in [2.45, 2.75) is 38.7 Å². The Hall–Kier alpha value is -1.69. The van der Waals surface area contributed by atoms with Crippen molar-refractivity contribution in [2.24, 2.45) is 0 Å². The molecule has 120 valence electrons. The van der Waals surface area contributed by atoms with Gasteiger partial charge in [0.15, 0.2) is 6.10 Å². The van der Waals surface area contributed by atoms with Gasteiger partial charge in [-0.1, -0.05) is 6.92 Å². The van der Waals surface area contributed by atoms with E-state index < -0.39 is 0 Å². The molecule has 0 spiro atoms. The van der Waals surface area contributed by atoms with Crippen molar-refractivity contribution in [2.75, 3.05) is 37.7 Å². The topological polar surface area (TPSA) is 58.6 Å². The summed E-state index contributed by atoms with van der Waals surface area (Å²) >= 11 is 0. The van der Waals surface area contributed by atoms with Crippen molar-refractivity contribution < 1.29 is 9.53 Å². The number of ether oxygens (including phenoxy) is 1. The average Bonchev–Trinajstić information content (AvgIpc) is 2.62. The van der Waals surface area contributed by atoms with Crippen LogP contribution in [-0.4, -0.2) is 59.7 Å². The van der Waals surface area contributed by atoms with Crippen LogP contribution in [0.5, 0.6) is 0 Å². The van der Waals surface area contributed by atoms with Gasteiger partial charge in [0.05, 0.1) is 13.2 Å². The maximum atomic E-state index is 12.6. The molecule has 1 aromatic rings. The van der Waals surface area contributed by atoms with Gasteiger partial charge in [0.2, 0.25) is 0 Å². The third kappa shape index (κ3) is 3.38. The lowest BCUT2D eigenvalue weighted by Gasteiger charge is -2.36. The predicted octanol–water partition coefficient (Wildman–Crippen LogP) is 1.26. The van der Waals surface area contributed by atoms with Crippen LogP contribution in [0.3, 0.4) is 0 Å². The molecule has 2 fully saturated rings. The Balaban J connectivity index is 1.66. The lowest BCUT2D eigenvalue weighted by molar-refractivity contribution is -0.145. The van der Waals surface area contributed by atoms with Crippen molar-refractivity contribution in [3.8, 4) is 0 Å². The number of rotatable bonds is 3. The van der Waals surface area contributed by atoms with Crippen LogP contribution in [0.25, 0.3) is 0 Å². The Morgan fingerprint density at radius 3 is 2.86 bits per heavy atom. The summed E-state index contributed by atoms with van der Waals surface area (Å²) in [5.41, 5.74) is 1.02. The Morgan fingerprint density at radius 2 is 2.09 bits per heavy atom. The zero-order valence-corrected chi connectivity index (χ0v) is 13.2. The van der Waals surface area contributed by atoms with Gasteiger partial charge in [-0.05, 0) is 25.7 Å². The first-order valence-corrected chi connectivity index (χ1v) is 8.24. The van der Waals surface area contributed by atoms with Crippen molar-refractivity contribution in [1.82, 2.24) is 14.9 Å². The van der Waals surface area contributed by atoms with Gasteiger partial charge in [-0.2, -0.15) is 0 Å². The molecule has 2 aliphatic heterocycles. The highest BCUT2D eigenvalue weighted by Crippen LogP contribution is 2.18. The van der Waals surface area contributed by atoms with E-state index in [1.165, 1.54) is 6.42 Å². The first-order valence-electron chi connectivity index (χ1n) is 8.24. The lowest BCUT2D eigenvalue weighted by Crippen LogP contribution is -2.52. The number of morpholine rings is 1. The van der Waals surface area contributed by atoms with Crippen LogP contribution in [0.4, 0.5) is 5.82 Å². The van der Waals surface area contributed by atoms with E-state index in [0.717, 1.165) is 50.4 Å². The molecular formula is C16H24N4O2. The van der Waals surface area contributed by atoms with Crippen LogP contribution in [-0.2, 0) is 16.0 Å². The number of carbonyl (C=O) groups excluding carboxylic acids is 1. The number of amides is 1. The highest BCUT2D eigenvalue weighted by Gasteiger charge is 2.31. The number of nitrogens with zero attached hydrogens (tertiary/aromatic N) is 4. The minimum absolute atomic E-state index is 0.133. The molecule has 0 aromatic carbocycles. The van der Waals surface area contributed by atoms with Gasteiger partial charge in [0.1, 0.15) is 12.1 Å². The summed E-state index contributed by atoms with van der Waals surface area (Å²) in [5, 5.41) is 0. The molecule has 3 rings (SSSR count). The molecule has 1 atom stereocenters.